The first-order valence-corrected chi connectivity index (χ1v) is 8.85. The number of hydrogen-bond donors (Lipinski definition) is 2. The Morgan fingerprint density at radius 2 is 1.76 bits per heavy atom. The first-order valence-electron chi connectivity index (χ1n) is 8.85. The van der Waals surface area contributed by atoms with Crippen LogP contribution in [0.1, 0.15) is 52.9 Å². The van der Waals surface area contributed by atoms with Crippen LogP contribution in [0, 0.1) is 0 Å². The third kappa shape index (κ3) is 7.45. The van der Waals surface area contributed by atoms with Gasteiger partial charge in [0.25, 0.3) is 0 Å². The highest BCUT2D eigenvalue weighted by Gasteiger charge is 2.17. The smallest absolute Gasteiger partial charge is 0.407 e. The van der Waals surface area contributed by atoms with E-state index in [0.29, 0.717) is 11.8 Å². The minimum atomic E-state index is -0.547. The molecule has 0 unspecified atom stereocenters. The van der Waals surface area contributed by atoms with Gasteiger partial charge in [0.15, 0.2) is 0 Å². The van der Waals surface area contributed by atoms with E-state index in [1.165, 1.54) is 12.8 Å². The van der Waals surface area contributed by atoms with Crippen LogP contribution < -0.4 is 15.4 Å². The number of carbonyl (C=O) groups excluding carboxylic acids is 2. The summed E-state index contributed by atoms with van der Waals surface area (Å²) in [6.07, 6.45) is 4.67. The highest BCUT2D eigenvalue weighted by Crippen LogP contribution is 2.25. The first kappa shape index (κ1) is 19.1. The Morgan fingerprint density at radius 1 is 1.12 bits per heavy atom. The second kappa shape index (κ2) is 8.74. The molecule has 0 heterocycles. The summed E-state index contributed by atoms with van der Waals surface area (Å²) < 4.78 is 11.0. The summed E-state index contributed by atoms with van der Waals surface area (Å²) in [6, 6.07) is 7.38. The van der Waals surface area contributed by atoms with Gasteiger partial charge in [0, 0.05) is 18.7 Å². The van der Waals surface area contributed by atoms with E-state index < -0.39 is 11.7 Å². The maximum atomic E-state index is 11.9. The van der Waals surface area contributed by atoms with Gasteiger partial charge in [-0.1, -0.05) is 0 Å². The van der Waals surface area contributed by atoms with Crippen LogP contribution in [0.25, 0.3) is 0 Å². The Kier molecular flexibility index (Phi) is 6.67. The first-order chi connectivity index (χ1) is 11.8. The van der Waals surface area contributed by atoms with E-state index >= 15 is 0 Å². The Balaban J connectivity index is 1.68. The summed E-state index contributed by atoms with van der Waals surface area (Å²) in [4.78, 5) is 23.4. The van der Waals surface area contributed by atoms with Crippen molar-refractivity contribution in [1.29, 1.82) is 0 Å². The van der Waals surface area contributed by atoms with Crippen LogP contribution in [-0.4, -0.2) is 30.3 Å². The standard InChI is InChI=1S/C19H28N2O4/c1-19(2,3)25-18(23)20-13-12-17(22)21-14-8-10-16(11-9-14)24-15-6-4-5-7-15/h8-11,15H,4-7,12-13H2,1-3H3,(H,20,23)(H,21,22). The van der Waals surface area contributed by atoms with E-state index in [0.717, 1.165) is 18.6 Å². The normalized spacial score (nSPS) is 14.8. The number of anilines is 1. The fourth-order valence-corrected chi connectivity index (χ4v) is 2.63. The lowest BCUT2D eigenvalue weighted by molar-refractivity contribution is -0.116. The van der Waals surface area contributed by atoms with E-state index in [9.17, 15) is 9.59 Å². The molecule has 1 fully saturated rings. The molecule has 2 amide bonds. The fraction of sp³-hybridized carbons (Fsp3) is 0.579. The lowest BCUT2D eigenvalue weighted by atomic mass is 10.2. The molecule has 1 aliphatic rings. The molecule has 2 N–H and O–H groups in total. The molecule has 2 rings (SSSR count). The molecule has 138 valence electrons. The van der Waals surface area contributed by atoms with Gasteiger partial charge in [0.1, 0.15) is 11.4 Å². The topological polar surface area (TPSA) is 76.7 Å². The van der Waals surface area contributed by atoms with Gasteiger partial charge in [0.2, 0.25) is 5.91 Å². The summed E-state index contributed by atoms with van der Waals surface area (Å²) in [5.41, 5.74) is 0.162. The van der Waals surface area contributed by atoms with Gasteiger partial charge in [0.05, 0.1) is 6.10 Å². The monoisotopic (exact) mass is 348 g/mol. The average Bonchev–Trinajstić information content (AvgIpc) is 3.00. The molecule has 1 saturated carbocycles. The zero-order valence-corrected chi connectivity index (χ0v) is 15.3. The summed E-state index contributed by atoms with van der Waals surface area (Å²) in [5, 5.41) is 5.36. The van der Waals surface area contributed by atoms with Gasteiger partial charge in [-0.15, -0.1) is 0 Å². The van der Waals surface area contributed by atoms with Crippen molar-refractivity contribution in [2.75, 3.05) is 11.9 Å². The molecule has 0 aromatic heterocycles. The molecule has 0 aliphatic heterocycles. The van der Waals surface area contributed by atoms with Crippen LogP contribution in [0.2, 0.25) is 0 Å². The van der Waals surface area contributed by atoms with Gasteiger partial charge in [-0.3, -0.25) is 4.79 Å². The molecule has 0 saturated heterocycles. The van der Waals surface area contributed by atoms with Gasteiger partial charge < -0.3 is 20.1 Å². The number of carbonyl (C=O) groups is 2. The number of amides is 2. The van der Waals surface area contributed by atoms with Gasteiger partial charge >= 0.3 is 6.09 Å². The van der Waals surface area contributed by atoms with Crippen LogP contribution >= 0.6 is 0 Å². The van der Waals surface area contributed by atoms with Gasteiger partial charge in [-0.25, -0.2) is 4.79 Å². The van der Waals surface area contributed by atoms with Crippen LogP contribution in [0.4, 0.5) is 10.5 Å². The predicted octanol–water partition coefficient (Wildman–Crippen LogP) is 3.86. The highest BCUT2D eigenvalue weighted by molar-refractivity contribution is 5.91. The molecule has 25 heavy (non-hydrogen) atoms. The SMILES string of the molecule is CC(C)(C)OC(=O)NCCC(=O)Nc1ccc(OC2CCCC2)cc1. The predicted molar refractivity (Wildman–Crippen MR) is 96.8 cm³/mol. The molecule has 0 radical (unpaired) electrons. The third-order valence-corrected chi connectivity index (χ3v) is 3.76. The van der Waals surface area contributed by atoms with Crippen molar-refractivity contribution in [3.8, 4) is 5.75 Å². The number of ether oxygens (including phenoxy) is 2. The van der Waals surface area contributed by atoms with Crippen molar-refractivity contribution in [3.63, 3.8) is 0 Å². The molecule has 6 nitrogen and oxygen atoms in total. The summed E-state index contributed by atoms with van der Waals surface area (Å²) in [6.45, 7) is 5.60. The Bertz CT molecular complexity index is 572. The Morgan fingerprint density at radius 3 is 2.36 bits per heavy atom. The van der Waals surface area contributed by atoms with Crippen LogP contribution in [0.5, 0.6) is 5.75 Å². The minimum Gasteiger partial charge on any atom is -0.490 e. The van der Waals surface area contributed by atoms with Crippen molar-refractivity contribution in [3.05, 3.63) is 24.3 Å². The zero-order chi connectivity index (χ0) is 18.3. The van der Waals surface area contributed by atoms with Gasteiger partial charge in [-0.2, -0.15) is 0 Å². The summed E-state index contributed by atoms with van der Waals surface area (Å²) in [5.74, 6) is 0.664. The fourth-order valence-electron chi connectivity index (χ4n) is 2.63. The minimum absolute atomic E-state index is 0.166. The van der Waals surface area contributed by atoms with E-state index in [-0.39, 0.29) is 18.9 Å². The third-order valence-electron chi connectivity index (χ3n) is 3.76. The molecule has 0 bridgehead atoms. The number of nitrogens with one attached hydrogen (secondary N) is 2. The van der Waals surface area contributed by atoms with E-state index in [2.05, 4.69) is 10.6 Å². The number of alkyl carbamates (subject to hydrolysis) is 1. The molecular formula is C19H28N2O4. The highest BCUT2D eigenvalue weighted by atomic mass is 16.6. The van der Waals surface area contributed by atoms with Crippen molar-refractivity contribution in [2.24, 2.45) is 0 Å². The molecule has 1 aromatic carbocycles. The lowest BCUT2D eigenvalue weighted by Crippen LogP contribution is -2.34. The number of benzene rings is 1. The second-order valence-electron chi connectivity index (χ2n) is 7.28. The lowest BCUT2D eigenvalue weighted by Gasteiger charge is -2.19. The summed E-state index contributed by atoms with van der Waals surface area (Å²) >= 11 is 0. The Hall–Kier alpha value is -2.24. The maximum absolute atomic E-state index is 11.9. The molecule has 1 aromatic rings. The van der Waals surface area contributed by atoms with E-state index in [4.69, 9.17) is 9.47 Å². The molecule has 0 atom stereocenters. The van der Waals surface area contributed by atoms with Crippen LogP contribution in [0.15, 0.2) is 24.3 Å². The number of hydrogen-bond acceptors (Lipinski definition) is 4. The largest absolute Gasteiger partial charge is 0.490 e. The maximum Gasteiger partial charge on any atom is 0.407 e. The second-order valence-corrected chi connectivity index (χ2v) is 7.28. The van der Waals surface area contributed by atoms with Crippen molar-refractivity contribution in [2.45, 2.75) is 64.6 Å². The molecule has 1 aliphatic carbocycles. The summed E-state index contributed by atoms with van der Waals surface area (Å²) in [7, 11) is 0. The molecule has 6 heteroatoms. The quantitative estimate of drug-likeness (QED) is 0.818. The Labute approximate surface area is 149 Å². The van der Waals surface area contributed by atoms with E-state index in [1.807, 2.05) is 24.3 Å². The van der Waals surface area contributed by atoms with Gasteiger partial charge in [-0.05, 0) is 70.7 Å². The van der Waals surface area contributed by atoms with E-state index in [1.54, 1.807) is 20.8 Å². The van der Waals surface area contributed by atoms with Crippen LogP contribution in [-0.2, 0) is 9.53 Å². The average molecular weight is 348 g/mol. The molecule has 0 spiro atoms. The van der Waals surface area contributed by atoms with Crippen LogP contribution in [0.3, 0.4) is 0 Å². The van der Waals surface area contributed by atoms with Crippen molar-refractivity contribution in [1.82, 2.24) is 5.32 Å². The van der Waals surface area contributed by atoms with Crippen molar-refractivity contribution < 1.29 is 19.1 Å². The molecular weight excluding hydrogens is 320 g/mol. The zero-order valence-electron chi connectivity index (χ0n) is 15.3. The van der Waals surface area contributed by atoms with Crippen molar-refractivity contribution >= 4 is 17.7 Å². The number of rotatable bonds is 6.